The number of nitrogens with zero attached hydrogens (tertiary/aromatic N) is 2. The minimum absolute atomic E-state index is 0.272. The van der Waals surface area contributed by atoms with Crippen molar-refractivity contribution in [3.8, 4) is 0 Å². The predicted octanol–water partition coefficient (Wildman–Crippen LogP) is 4.36. The van der Waals surface area contributed by atoms with Crippen molar-refractivity contribution in [3.63, 3.8) is 0 Å². The number of ether oxygens (including phenoxy) is 1. The molecule has 126 valence electrons. The highest BCUT2D eigenvalue weighted by Gasteiger charge is 2.18. The Hall–Kier alpha value is -2.11. The Kier molecular flexibility index (Phi) is 5.02. The van der Waals surface area contributed by atoms with Crippen LogP contribution in [0.1, 0.15) is 5.56 Å². The van der Waals surface area contributed by atoms with Gasteiger partial charge in [-0.15, -0.1) is 0 Å². The molecule has 2 aromatic carbocycles. The van der Waals surface area contributed by atoms with Crippen LogP contribution in [0, 0.1) is 5.82 Å². The quantitative estimate of drug-likeness (QED) is 0.868. The molecular formula is C17H16Cl2FN3O. The average molecular weight is 368 g/mol. The Bertz CT molecular complexity index is 752. The van der Waals surface area contributed by atoms with Gasteiger partial charge < -0.3 is 9.64 Å². The summed E-state index contributed by atoms with van der Waals surface area (Å²) in [5.74, 6) is 0.316. The molecule has 0 spiro atoms. The summed E-state index contributed by atoms with van der Waals surface area (Å²) in [5, 5.41) is 2.92. The van der Waals surface area contributed by atoms with Crippen molar-refractivity contribution in [1.82, 2.24) is 10.3 Å². The summed E-state index contributed by atoms with van der Waals surface area (Å²) in [6, 6.07) is 11.8. The summed E-state index contributed by atoms with van der Waals surface area (Å²) in [4.78, 5) is 2.05. The third kappa shape index (κ3) is 3.86. The van der Waals surface area contributed by atoms with Crippen LogP contribution in [0.15, 0.2) is 54.5 Å². The second-order valence-electron chi connectivity index (χ2n) is 5.35. The van der Waals surface area contributed by atoms with E-state index >= 15 is 0 Å². The molecule has 1 N–H and O–H groups in total. The summed E-state index contributed by atoms with van der Waals surface area (Å²) in [5.41, 5.74) is 4.99. The Morgan fingerprint density at radius 3 is 2.54 bits per heavy atom. The van der Waals surface area contributed by atoms with Crippen LogP contribution in [0.5, 0.6) is 0 Å². The van der Waals surface area contributed by atoms with E-state index in [9.17, 15) is 4.39 Å². The standard InChI is InChI=1S/C17H16Cl2FN3O/c1-24-17-10-22(9-12-2-7-15(18)16(19)8-12)11-23(21-17)14-5-3-13(20)4-6-14/h2-8,10,21H,9,11H2,1H3. The summed E-state index contributed by atoms with van der Waals surface area (Å²) >= 11 is 12.0. The maximum absolute atomic E-state index is 13.1. The molecule has 1 aliphatic rings. The van der Waals surface area contributed by atoms with Crippen molar-refractivity contribution in [2.75, 3.05) is 18.8 Å². The van der Waals surface area contributed by atoms with E-state index in [1.54, 1.807) is 25.3 Å². The number of methoxy groups -OCH3 is 1. The number of hydrazine groups is 1. The summed E-state index contributed by atoms with van der Waals surface area (Å²) < 4.78 is 18.4. The predicted molar refractivity (Wildman–Crippen MR) is 94.0 cm³/mol. The van der Waals surface area contributed by atoms with Crippen molar-refractivity contribution in [1.29, 1.82) is 0 Å². The van der Waals surface area contributed by atoms with E-state index in [0.717, 1.165) is 11.3 Å². The van der Waals surface area contributed by atoms with Crippen molar-refractivity contribution < 1.29 is 9.13 Å². The van der Waals surface area contributed by atoms with Gasteiger partial charge in [0.15, 0.2) is 0 Å². The first-order chi connectivity index (χ1) is 11.5. The zero-order chi connectivity index (χ0) is 17.1. The molecule has 0 saturated carbocycles. The Morgan fingerprint density at radius 2 is 1.88 bits per heavy atom. The van der Waals surface area contributed by atoms with Crippen LogP contribution in [0.25, 0.3) is 0 Å². The minimum atomic E-state index is -0.272. The van der Waals surface area contributed by atoms with Gasteiger partial charge in [0.2, 0.25) is 5.88 Å². The van der Waals surface area contributed by atoms with Crippen LogP contribution < -0.4 is 10.4 Å². The number of rotatable bonds is 4. The first-order valence-corrected chi connectivity index (χ1v) is 8.04. The third-order valence-corrected chi connectivity index (χ3v) is 4.33. The van der Waals surface area contributed by atoms with Crippen LogP contribution in [0.4, 0.5) is 10.1 Å². The molecule has 0 bridgehead atoms. The van der Waals surface area contributed by atoms with Gasteiger partial charge in [-0.2, -0.15) is 0 Å². The smallest absolute Gasteiger partial charge is 0.222 e. The molecule has 0 saturated heterocycles. The van der Waals surface area contributed by atoms with E-state index in [4.69, 9.17) is 27.9 Å². The molecule has 0 radical (unpaired) electrons. The molecule has 7 heteroatoms. The van der Waals surface area contributed by atoms with Gasteiger partial charge in [-0.05, 0) is 42.0 Å². The molecule has 0 aromatic heterocycles. The summed E-state index contributed by atoms with van der Waals surface area (Å²) in [6.07, 6.45) is 1.88. The fraction of sp³-hybridized carbons (Fsp3) is 0.176. The third-order valence-electron chi connectivity index (χ3n) is 3.60. The lowest BCUT2D eigenvalue weighted by Crippen LogP contribution is -2.48. The molecule has 0 unspecified atom stereocenters. The van der Waals surface area contributed by atoms with Gasteiger partial charge in [0.25, 0.3) is 0 Å². The highest BCUT2D eigenvalue weighted by Crippen LogP contribution is 2.24. The maximum Gasteiger partial charge on any atom is 0.222 e. The molecule has 2 aromatic rings. The summed E-state index contributed by atoms with van der Waals surface area (Å²) in [7, 11) is 1.59. The van der Waals surface area contributed by atoms with E-state index in [2.05, 4.69) is 10.3 Å². The first kappa shape index (κ1) is 16.7. The van der Waals surface area contributed by atoms with Crippen LogP contribution in [-0.4, -0.2) is 18.7 Å². The van der Waals surface area contributed by atoms with Gasteiger partial charge in [-0.1, -0.05) is 29.3 Å². The summed E-state index contributed by atoms with van der Waals surface area (Å²) in [6.45, 7) is 1.18. The van der Waals surface area contributed by atoms with Crippen LogP contribution in [0.3, 0.4) is 0 Å². The second kappa shape index (κ2) is 7.20. The largest absolute Gasteiger partial charge is 0.480 e. The molecule has 1 heterocycles. The van der Waals surface area contributed by atoms with Crippen LogP contribution in [0.2, 0.25) is 10.0 Å². The Labute approximate surface area is 150 Å². The van der Waals surface area contributed by atoms with E-state index < -0.39 is 0 Å². The number of hydrogen-bond donors (Lipinski definition) is 1. The van der Waals surface area contributed by atoms with E-state index in [1.165, 1.54) is 12.1 Å². The number of anilines is 1. The SMILES string of the molecule is COC1=CN(Cc2ccc(Cl)c(Cl)c2)CN(c2ccc(F)cc2)N1. The van der Waals surface area contributed by atoms with Crippen molar-refractivity contribution in [3.05, 3.63) is 76.0 Å². The monoisotopic (exact) mass is 367 g/mol. The highest BCUT2D eigenvalue weighted by atomic mass is 35.5. The molecule has 4 nitrogen and oxygen atoms in total. The number of halogens is 3. The zero-order valence-electron chi connectivity index (χ0n) is 13.0. The lowest BCUT2D eigenvalue weighted by atomic mass is 10.2. The fourth-order valence-corrected chi connectivity index (χ4v) is 2.74. The topological polar surface area (TPSA) is 27.7 Å². The van der Waals surface area contributed by atoms with Gasteiger partial charge in [0.05, 0.1) is 29.0 Å². The normalized spacial score (nSPS) is 14.2. The van der Waals surface area contributed by atoms with Gasteiger partial charge in [-0.3, -0.25) is 10.4 Å². The molecule has 1 aliphatic heterocycles. The highest BCUT2D eigenvalue weighted by molar-refractivity contribution is 6.42. The van der Waals surface area contributed by atoms with Gasteiger partial charge >= 0.3 is 0 Å². The van der Waals surface area contributed by atoms with E-state index in [-0.39, 0.29) is 5.82 Å². The maximum atomic E-state index is 13.1. The van der Waals surface area contributed by atoms with Gasteiger partial charge in [0.1, 0.15) is 12.5 Å². The molecule has 0 atom stereocenters. The molecular weight excluding hydrogens is 352 g/mol. The van der Waals surface area contributed by atoms with Crippen LogP contribution >= 0.6 is 23.2 Å². The molecule has 24 heavy (non-hydrogen) atoms. The second-order valence-corrected chi connectivity index (χ2v) is 6.16. The average Bonchev–Trinajstić information content (AvgIpc) is 2.58. The lowest BCUT2D eigenvalue weighted by molar-refractivity contribution is 0.207. The van der Waals surface area contributed by atoms with Crippen LogP contribution in [-0.2, 0) is 11.3 Å². The minimum Gasteiger partial charge on any atom is -0.480 e. The Balaban J connectivity index is 1.79. The molecule has 0 fully saturated rings. The van der Waals surface area contributed by atoms with E-state index in [0.29, 0.717) is 29.1 Å². The van der Waals surface area contributed by atoms with E-state index in [1.807, 2.05) is 23.3 Å². The zero-order valence-corrected chi connectivity index (χ0v) is 14.5. The van der Waals surface area contributed by atoms with Crippen molar-refractivity contribution in [2.45, 2.75) is 6.54 Å². The molecule has 3 rings (SSSR count). The number of benzene rings is 2. The van der Waals surface area contributed by atoms with Crippen molar-refractivity contribution >= 4 is 28.9 Å². The lowest BCUT2D eigenvalue weighted by Gasteiger charge is -2.37. The van der Waals surface area contributed by atoms with Gasteiger partial charge in [0, 0.05) is 6.54 Å². The van der Waals surface area contributed by atoms with Gasteiger partial charge in [-0.25, -0.2) is 4.39 Å². The Morgan fingerprint density at radius 1 is 1.12 bits per heavy atom. The molecule has 0 amide bonds. The fourth-order valence-electron chi connectivity index (χ4n) is 2.42. The number of hydrogen-bond acceptors (Lipinski definition) is 4. The van der Waals surface area contributed by atoms with Crippen molar-refractivity contribution in [2.24, 2.45) is 0 Å². The number of nitrogens with one attached hydrogen (secondary N) is 1. The first-order valence-electron chi connectivity index (χ1n) is 7.29. The molecule has 0 aliphatic carbocycles.